The van der Waals surface area contributed by atoms with Gasteiger partial charge in [0, 0.05) is 19.5 Å². The first-order chi connectivity index (χ1) is 14.6. The van der Waals surface area contributed by atoms with Gasteiger partial charge in [0.2, 0.25) is 5.91 Å². The van der Waals surface area contributed by atoms with Crippen molar-refractivity contribution >= 4 is 29.1 Å². The van der Waals surface area contributed by atoms with Gasteiger partial charge in [0.1, 0.15) is 0 Å². The van der Waals surface area contributed by atoms with Gasteiger partial charge < -0.3 is 15.1 Å². The minimum absolute atomic E-state index is 0.203. The molecule has 6 heteroatoms. The Morgan fingerprint density at radius 1 is 0.933 bits per heavy atom. The number of amides is 3. The summed E-state index contributed by atoms with van der Waals surface area (Å²) in [5.41, 5.74) is 1.48. The van der Waals surface area contributed by atoms with Gasteiger partial charge in [0.15, 0.2) is 6.04 Å². The Morgan fingerprint density at radius 3 is 1.97 bits per heavy atom. The second-order valence-corrected chi connectivity index (χ2v) is 8.51. The summed E-state index contributed by atoms with van der Waals surface area (Å²) in [4.78, 5) is 42.8. The van der Waals surface area contributed by atoms with Crippen LogP contribution >= 0.6 is 0 Å². The molecule has 1 N–H and O–H groups in total. The van der Waals surface area contributed by atoms with Crippen LogP contribution in [0.15, 0.2) is 24.3 Å². The number of para-hydroxylation sites is 2. The van der Waals surface area contributed by atoms with Crippen LogP contribution in [0.4, 0.5) is 11.4 Å². The fourth-order valence-electron chi connectivity index (χ4n) is 4.65. The minimum Gasteiger partial charge on any atom is -0.337 e. The van der Waals surface area contributed by atoms with Gasteiger partial charge in [0.05, 0.1) is 11.4 Å². The molecule has 1 aromatic carbocycles. The number of hydrogen-bond donors (Lipinski definition) is 1. The summed E-state index contributed by atoms with van der Waals surface area (Å²) < 4.78 is 0. The van der Waals surface area contributed by atoms with E-state index >= 15 is 0 Å². The normalized spacial score (nSPS) is 18.3. The molecule has 1 aliphatic carbocycles. The largest absolute Gasteiger partial charge is 0.337 e. The molecule has 1 fully saturated rings. The standard InChI is InChI=1S/C24H35N3O3/c1-3-16-26-19-12-8-9-13-20(19)27(17-4-2)24(30)22(23(26)29)25-21(28)15-14-18-10-6-5-7-11-18/h8-9,12-13,18,22H,3-7,10-11,14-17H2,1-2H3,(H,25,28). The first-order valence-electron chi connectivity index (χ1n) is 11.6. The number of rotatable bonds is 8. The lowest BCUT2D eigenvalue weighted by Gasteiger charge is -2.25. The van der Waals surface area contributed by atoms with E-state index in [-0.39, 0.29) is 17.7 Å². The van der Waals surface area contributed by atoms with E-state index in [1.54, 1.807) is 9.80 Å². The van der Waals surface area contributed by atoms with Crippen LogP contribution in [0, 0.1) is 5.92 Å². The summed E-state index contributed by atoms with van der Waals surface area (Å²) in [7, 11) is 0. The molecule has 3 amide bonds. The van der Waals surface area contributed by atoms with E-state index in [0.29, 0.717) is 25.4 Å². The molecule has 2 aliphatic rings. The fourth-order valence-corrected chi connectivity index (χ4v) is 4.65. The Kier molecular flexibility index (Phi) is 7.88. The van der Waals surface area contributed by atoms with Gasteiger partial charge >= 0.3 is 0 Å². The molecule has 1 aliphatic heterocycles. The maximum Gasteiger partial charge on any atom is 0.259 e. The summed E-state index contributed by atoms with van der Waals surface area (Å²) in [5.74, 6) is -0.286. The predicted octanol–water partition coefficient (Wildman–Crippen LogP) is 4.03. The monoisotopic (exact) mass is 413 g/mol. The van der Waals surface area contributed by atoms with E-state index in [4.69, 9.17) is 0 Å². The van der Waals surface area contributed by atoms with E-state index in [1.165, 1.54) is 32.1 Å². The molecule has 1 heterocycles. The first-order valence-corrected chi connectivity index (χ1v) is 11.6. The SMILES string of the molecule is CCCN1C(=O)C(NC(=O)CCC2CCCCC2)C(=O)N(CCC)c2ccccc21. The van der Waals surface area contributed by atoms with Gasteiger partial charge in [-0.2, -0.15) is 0 Å². The van der Waals surface area contributed by atoms with Gasteiger partial charge in [-0.3, -0.25) is 14.4 Å². The van der Waals surface area contributed by atoms with Crippen molar-refractivity contribution in [3.8, 4) is 0 Å². The lowest BCUT2D eigenvalue weighted by atomic mass is 9.86. The van der Waals surface area contributed by atoms with Gasteiger partial charge in [0.25, 0.3) is 11.8 Å². The van der Waals surface area contributed by atoms with Gasteiger partial charge in [-0.25, -0.2) is 0 Å². The molecule has 0 saturated heterocycles. The van der Waals surface area contributed by atoms with Gasteiger partial charge in [-0.1, -0.05) is 58.1 Å². The summed E-state index contributed by atoms with van der Waals surface area (Å²) in [6, 6.07) is 6.37. The quantitative estimate of drug-likeness (QED) is 0.654. The maximum atomic E-state index is 13.4. The van der Waals surface area contributed by atoms with E-state index in [9.17, 15) is 14.4 Å². The molecule has 6 nitrogen and oxygen atoms in total. The van der Waals surface area contributed by atoms with Crippen LogP contribution in [0.3, 0.4) is 0 Å². The number of hydrogen-bond acceptors (Lipinski definition) is 3. The van der Waals surface area contributed by atoms with Crippen LogP contribution in [-0.4, -0.2) is 36.9 Å². The molecule has 1 aromatic rings. The van der Waals surface area contributed by atoms with E-state index < -0.39 is 6.04 Å². The van der Waals surface area contributed by atoms with E-state index in [0.717, 1.165) is 30.6 Å². The maximum absolute atomic E-state index is 13.4. The Hall–Kier alpha value is -2.37. The highest BCUT2D eigenvalue weighted by Gasteiger charge is 2.40. The van der Waals surface area contributed by atoms with Crippen molar-refractivity contribution < 1.29 is 14.4 Å². The molecule has 164 valence electrons. The summed E-state index contributed by atoms with van der Waals surface area (Å²) in [6.45, 7) is 5.03. The van der Waals surface area contributed by atoms with Crippen molar-refractivity contribution in [3.63, 3.8) is 0 Å². The Balaban J connectivity index is 1.79. The summed E-state index contributed by atoms with van der Waals surface area (Å²) in [6.07, 6.45) is 8.86. The van der Waals surface area contributed by atoms with Crippen LogP contribution in [0.1, 0.15) is 71.6 Å². The predicted molar refractivity (Wildman–Crippen MR) is 119 cm³/mol. The molecule has 0 radical (unpaired) electrons. The average molecular weight is 414 g/mol. The number of anilines is 2. The molecular weight excluding hydrogens is 378 g/mol. The Morgan fingerprint density at radius 2 is 1.47 bits per heavy atom. The van der Waals surface area contributed by atoms with Crippen LogP contribution in [0.2, 0.25) is 0 Å². The van der Waals surface area contributed by atoms with Crippen LogP contribution in [0.5, 0.6) is 0 Å². The van der Waals surface area contributed by atoms with Crippen LogP contribution < -0.4 is 15.1 Å². The molecule has 30 heavy (non-hydrogen) atoms. The first kappa shape index (κ1) is 22.3. The van der Waals surface area contributed by atoms with E-state index in [1.807, 2.05) is 38.1 Å². The topological polar surface area (TPSA) is 69.7 Å². The average Bonchev–Trinajstić information content (AvgIpc) is 2.84. The summed E-state index contributed by atoms with van der Waals surface area (Å²) >= 11 is 0. The third-order valence-electron chi connectivity index (χ3n) is 6.19. The van der Waals surface area contributed by atoms with Crippen molar-refractivity contribution in [1.82, 2.24) is 5.32 Å². The molecule has 0 spiro atoms. The zero-order valence-corrected chi connectivity index (χ0v) is 18.4. The minimum atomic E-state index is -1.16. The second-order valence-electron chi connectivity index (χ2n) is 8.51. The lowest BCUT2D eigenvalue weighted by Crippen LogP contribution is -2.55. The van der Waals surface area contributed by atoms with Crippen LogP contribution in [0.25, 0.3) is 0 Å². The third-order valence-corrected chi connectivity index (χ3v) is 6.19. The Labute approximate surface area is 180 Å². The van der Waals surface area contributed by atoms with E-state index in [2.05, 4.69) is 5.32 Å². The number of nitrogens with zero attached hydrogens (tertiary/aromatic N) is 2. The highest BCUT2D eigenvalue weighted by atomic mass is 16.2. The van der Waals surface area contributed by atoms with Gasteiger partial charge in [-0.15, -0.1) is 0 Å². The van der Waals surface area contributed by atoms with Crippen molar-refractivity contribution in [2.24, 2.45) is 5.92 Å². The molecule has 0 atom stereocenters. The molecule has 0 aromatic heterocycles. The molecule has 0 unspecified atom stereocenters. The number of benzene rings is 1. The smallest absolute Gasteiger partial charge is 0.259 e. The number of nitrogens with one attached hydrogen (secondary N) is 1. The van der Waals surface area contributed by atoms with Crippen molar-refractivity contribution in [1.29, 1.82) is 0 Å². The molecule has 1 saturated carbocycles. The van der Waals surface area contributed by atoms with Crippen LogP contribution in [-0.2, 0) is 14.4 Å². The number of carbonyl (C=O) groups is 3. The summed E-state index contributed by atoms with van der Waals surface area (Å²) in [5, 5.41) is 2.79. The molecule has 0 bridgehead atoms. The van der Waals surface area contributed by atoms with Crippen molar-refractivity contribution in [3.05, 3.63) is 24.3 Å². The Bertz CT molecular complexity index is 713. The second kappa shape index (κ2) is 10.6. The highest BCUT2D eigenvalue weighted by Crippen LogP contribution is 2.33. The zero-order valence-electron chi connectivity index (χ0n) is 18.4. The van der Waals surface area contributed by atoms with Crippen molar-refractivity contribution in [2.45, 2.75) is 77.7 Å². The molecule has 3 rings (SSSR count). The zero-order chi connectivity index (χ0) is 21.5. The third kappa shape index (κ3) is 5.02. The number of fused-ring (bicyclic) bond motifs is 1. The van der Waals surface area contributed by atoms with Crippen molar-refractivity contribution in [2.75, 3.05) is 22.9 Å². The van der Waals surface area contributed by atoms with Gasteiger partial charge in [-0.05, 0) is 37.3 Å². The fraction of sp³-hybridized carbons (Fsp3) is 0.625. The lowest BCUT2D eigenvalue weighted by molar-refractivity contribution is -0.134. The molecular formula is C24H35N3O3. The number of carbonyl (C=O) groups excluding carboxylic acids is 3. The highest BCUT2D eigenvalue weighted by molar-refractivity contribution is 6.21.